The molecule has 0 atom stereocenters. The van der Waals surface area contributed by atoms with Crippen LogP contribution in [0.3, 0.4) is 0 Å². The lowest BCUT2D eigenvalue weighted by atomic mass is 10.1. The molecule has 0 bridgehead atoms. The molecule has 102 valence electrons. The van der Waals surface area contributed by atoms with Gasteiger partial charge in [-0.05, 0) is 36.1 Å². The summed E-state index contributed by atoms with van der Waals surface area (Å²) < 4.78 is 11.2. The summed E-state index contributed by atoms with van der Waals surface area (Å²) in [4.78, 5) is 0. The summed E-state index contributed by atoms with van der Waals surface area (Å²) in [5.74, 6) is 0.894. The van der Waals surface area contributed by atoms with Crippen molar-refractivity contribution >= 4 is 15.9 Å². The van der Waals surface area contributed by atoms with E-state index < -0.39 is 0 Å². The van der Waals surface area contributed by atoms with Crippen molar-refractivity contribution < 1.29 is 9.47 Å². The second-order valence-electron chi connectivity index (χ2n) is 4.44. The van der Waals surface area contributed by atoms with Crippen molar-refractivity contribution in [1.82, 2.24) is 0 Å². The van der Waals surface area contributed by atoms with Gasteiger partial charge in [0.15, 0.2) is 0 Å². The van der Waals surface area contributed by atoms with Gasteiger partial charge in [-0.3, -0.25) is 0 Å². The lowest BCUT2D eigenvalue weighted by molar-refractivity contribution is 0.117. The van der Waals surface area contributed by atoms with Gasteiger partial charge in [0.05, 0.1) is 13.2 Å². The van der Waals surface area contributed by atoms with E-state index >= 15 is 0 Å². The third-order valence-corrected chi connectivity index (χ3v) is 3.56. The van der Waals surface area contributed by atoms with Crippen LogP contribution in [0, 0.1) is 0 Å². The molecule has 2 rings (SSSR count). The molecule has 3 heteroatoms. The van der Waals surface area contributed by atoms with Gasteiger partial charge in [0.1, 0.15) is 12.4 Å². The Hall–Kier alpha value is -1.06. The van der Waals surface area contributed by atoms with Gasteiger partial charge in [0, 0.05) is 5.33 Å². The molecule has 0 saturated heterocycles. The molecule has 0 N–H and O–H groups in total. The number of benzene rings is 1. The Bertz CT molecular complexity index is 435. The molecule has 19 heavy (non-hydrogen) atoms. The zero-order chi connectivity index (χ0) is 13.3. The van der Waals surface area contributed by atoms with Crippen LogP contribution < -0.4 is 4.74 Å². The summed E-state index contributed by atoms with van der Waals surface area (Å²) in [6, 6.07) is 8.09. The molecular weight excluding hydrogens is 304 g/mol. The number of rotatable bonds is 7. The molecule has 1 aromatic carbocycles. The first-order chi connectivity index (χ1) is 9.38. The second-order valence-corrected chi connectivity index (χ2v) is 5.00. The number of allylic oxidation sites excluding steroid dienone is 2. The molecule has 0 fully saturated rings. The third-order valence-electron chi connectivity index (χ3n) is 2.91. The van der Waals surface area contributed by atoms with E-state index in [9.17, 15) is 0 Å². The minimum Gasteiger partial charge on any atom is -0.491 e. The van der Waals surface area contributed by atoms with Gasteiger partial charge < -0.3 is 9.47 Å². The smallest absolute Gasteiger partial charge is 0.119 e. The van der Waals surface area contributed by atoms with Gasteiger partial charge in [0.2, 0.25) is 0 Å². The van der Waals surface area contributed by atoms with E-state index in [1.165, 1.54) is 11.1 Å². The van der Waals surface area contributed by atoms with Crippen molar-refractivity contribution in [2.75, 3.05) is 19.8 Å². The van der Waals surface area contributed by atoms with E-state index in [-0.39, 0.29) is 0 Å². The highest BCUT2D eigenvalue weighted by Crippen LogP contribution is 2.14. The summed E-state index contributed by atoms with van der Waals surface area (Å²) in [6.07, 6.45) is 8.85. The number of hydrogen-bond donors (Lipinski definition) is 0. The minimum atomic E-state index is 0.588. The molecule has 0 aromatic heterocycles. The van der Waals surface area contributed by atoms with E-state index in [1.54, 1.807) is 0 Å². The van der Waals surface area contributed by atoms with Gasteiger partial charge in [-0.2, -0.15) is 0 Å². The van der Waals surface area contributed by atoms with Crippen LogP contribution in [-0.2, 0) is 10.1 Å². The van der Waals surface area contributed by atoms with Gasteiger partial charge in [-0.1, -0.05) is 46.3 Å². The average molecular weight is 323 g/mol. The summed E-state index contributed by atoms with van der Waals surface area (Å²) in [6.45, 7) is 1.89. The van der Waals surface area contributed by atoms with Crippen molar-refractivity contribution in [3.8, 4) is 5.75 Å². The first-order valence-corrected chi connectivity index (χ1v) is 7.71. The van der Waals surface area contributed by atoms with Gasteiger partial charge in [-0.25, -0.2) is 0 Å². The number of hydrogen-bond acceptors (Lipinski definition) is 2. The first-order valence-electron chi connectivity index (χ1n) is 6.59. The topological polar surface area (TPSA) is 18.5 Å². The van der Waals surface area contributed by atoms with Crippen LogP contribution in [0.1, 0.15) is 18.4 Å². The maximum absolute atomic E-state index is 5.62. The molecule has 0 unspecified atom stereocenters. The van der Waals surface area contributed by atoms with Crippen LogP contribution in [0.5, 0.6) is 5.75 Å². The molecule has 1 aliphatic rings. The molecule has 0 spiro atoms. The Morgan fingerprint density at radius 2 is 1.89 bits per heavy atom. The van der Waals surface area contributed by atoms with E-state index in [4.69, 9.17) is 9.47 Å². The summed E-state index contributed by atoms with van der Waals surface area (Å²) in [5, 5.41) is 0.874. The van der Waals surface area contributed by atoms with Crippen LogP contribution in [-0.4, -0.2) is 19.8 Å². The average Bonchev–Trinajstić information content (AvgIpc) is 2.49. The van der Waals surface area contributed by atoms with Crippen molar-refractivity contribution in [3.05, 3.63) is 53.6 Å². The van der Waals surface area contributed by atoms with Crippen molar-refractivity contribution in [3.63, 3.8) is 0 Å². The maximum Gasteiger partial charge on any atom is 0.119 e. The fraction of sp³-hybridized carbons (Fsp3) is 0.375. The normalized spacial score (nSPS) is 14.3. The number of ether oxygens (including phenoxy) is 2. The lowest BCUT2D eigenvalue weighted by Crippen LogP contribution is -2.08. The largest absolute Gasteiger partial charge is 0.491 e. The Morgan fingerprint density at radius 1 is 1.05 bits per heavy atom. The Kier molecular flexibility index (Phi) is 6.18. The standard InChI is InChI=1S/C16H19BrO2/c17-12-14-6-8-16(9-7-14)19-11-10-18-13-15-4-2-1-3-5-15/h2,4-9H,1,3,10-13H2. The third kappa shape index (κ3) is 5.21. The van der Waals surface area contributed by atoms with Gasteiger partial charge in [-0.15, -0.1) is 0 Å². The Balaban J connectivity index is 1.61. The van der Waals surface area contributed by atoms with Gasteiger partial charge in [0.25, 0.3) is 0 Å². The molecule has 0 saturated carbocycles. The van der Waals surface area contributed by atoms with Crippen molar-refractivity contribution in [2.45, 2.75) is 18.2 Å². The highest BCUT2D eigenvalue weighted by Gasteiger charge is 1.98. The van der Waals surface area contributed by atoms with E-state index in [0.29, 0.717) is 19.8 Å². The molecule has 1 aliphatic carbocycles. The molecule has 0 heterocycles. The van der Waals surface area contributed by atoms with Crippen molar-refractivity contribution in [1.29, 1.82) is 0 Å². The zero-order valence-electron chi connectivity index (χ0n) is 11.0. The molecule has 1 aromatic rings. The first kappa shape index (κ1) is 14.4. The lowest BCUT2D eigenvalue weighted by Gasteiger charge is -2.09. The van der Waals surface area contributed by atoms with Crippen LogP contribution in [0.15, 0.2) is 48.1 Å². The van der Waals surface area contributed by atoms with Crippen LogP contribution >= 0.6 is 15.9 Å². The zero-order valence-corrected chi connectivity index (χ0v) is 12.6. The molecule has 0 amide bonds. The fourth-order valence-electron chi connectivity index (χ4n) is 1.86. The van der Waals surface area contributed by atoms with E-state index in [1.807, 2.05) is 12.1 Å². The van der Waals surface area contributed by atoms with Gasteiger partial charge >= 0.3 is 0 Å². The van der Waals surface area contributed by atoms with Crippen LogP contribution in [0.2, 0.25) is 0 Å². The molecular formula is C16H19BrO2. The monoisotopic (exact) mass is 322 g/mol. The van der Waals surface area contributed by atoms with E-state index in [2.05, 4.69) is 46.3 Å². The predicted octanol–water partition coefficient (Wildman–Crippen LogP) is 4.25. The quantitative estimate of drug-likeness (QED) is 0.551. The summed E-state index contributed by atoms with van der Waals surface area (Å²) in [5.41, 5.74) is 2.52. The van der Waals surface area contributed by atoms with Crippen LogP contribution in [0.25, 0.3) is 0 Å². The second kappa shape index (κ2) is 8.18. The highest BCUT2D eigenvalue weighted by atomic mass is 79.9. The maximum atomic E-state index is 5.62. The number of halogens is 1. The predicted molar refractivity (Wildman–Crippen MR) is 81.8 cm³/mol. The summed E-state index contributed by atoms with van der Waals surface area (Å²) >= 11 is 3.42. The fourth-order valence-corrected chi connectivity index (χ4v) is 2.23. The number of alkyl halides is 1. The SMILES string of the molecule is BrCc1ccc(OCCOCC2=CCCC=C2)cc1. The Morgan fingerprint density at radius 3 is 2.58 bits per heavy atom. The minimum absolute atomic E-state index is 0.588. The van der Waals surface area contributed by atoms with Crippen molar-refractivity contribution in [2.24, 2.45) is 0 Å². The Labute approximate surface area is 123 Å². The molecule has 2 nitrogen and oxygen atoms in total. The van der Waals surface area contributed by atoms with E-state index in [0.717, 1.165) is 23.9 Å². The van der Waals surface area contributed by atoms with Crippen LogP contribution in [0.4, 0.5) is 0 Å². The molecule has 0 aliphatic heterocycles. The highest BCUT2D eigenvalue weighted by molar-refractivity contribution is 9.08. The summed E-state index contributed by atoms with van der Waals surface area (Å²) in [7, 11) is 0. The molecule has 0 radical (unpaired) electrons.